The van der Waals surface area contributed by atoms with Crippen LogP contribution in [0.3, 0.4) is 0 Å². The highest BCUT2D eigenvalue weighted by molar-refractivity contribution is 14.0. The molecule has 2 aliphatic rings. The Morgan fingerprint density at radius 2 is 2.06 bits per heavy atom. The standard InChI is InChI=1S/C13H25N3.HI/c1-10(2)5-8-15-12(14)16-9-13(6-7-13)11-3-4-11;/h10-11H,3-9H2,1-2H3,(H3,14,15,16);1H. The highest BCUT2D eigenvalue weighted by atomic mass is 127. The molecule has 0 radical (unpaired) electrons. The molecule has 17 heavy (non-hydrogen) atoms. The van der Waals surface area contributed by atoms with Gasteiger partial charge < -0.3 is 11.1 Å². The fourth-order valence-corrected chi connectivity index (χ4v) is 2.34. The van der Waals surface area contributed by atoms with E-state index < -0.39 is 0 Å². The lowest BCUT2D eigenvalue weighted by atomic mass is 10.0. The smallest absolute Gasteiger partial charge is 0.188 e. The fourth-order valence-electron chi connectivity index (χ4n) is 2.34. The average Bonchev–Trinajstić information content (AvgIpc) is 3.06. The molecule has 0 atom stereocenters. The molecule has 4 heteroatoms. The molecule has 0 aliphatic heterocycles. The molecule has 2 saturated carbocycles. The van der Waals surface area contributed by atoms with Crippen molar-refractivity contribution in [3.63, 3.8) is 0 Å². The molecule has 0 aromatic heterocycles. The molecule has 3 N–H and O–H groups in total. The van der Waals surface area contributed by atoms with Gasteiger partial charge in [-0.15, -0.1) is 24.0 Å². The van der Waals surface area contributed by atoms with Gasteiger partial charge in [0, 0.05) is 13.1 Å². The molecule has 0 unspecified atom stereocenters. The molecule has 0 bridgehead atoms. The Kier molecular flexibility index (Phi) is 5.54. The first-order valence-corrected chi connectivity index (χ1v) is 6.66. The summed E-state index contributed by atoms with van der Waals surface area (Å²) < 4.78 is 0. The Balaban J connectivity index is 0.00000144. The van der Waals surface area contributed by atoms with E-state index in [9.17, 15) is 0 Å². The van der Waals surface area contributed by atoms with Crippen molar-refractivity contribution in [2.24, 2.45) is 28.0 Å². The van der Waals surface area contributed by atoms with Crippen LogP contribution in [0.25, 0.3) is 0 Å². The number of hydrogen-bond donors (Lipinski definition) is 2. The van der Waals surface area contributed by atoms with Gasteiger partial charge >= 0.3 is 0 Å². The van der Waals surface area contributed by atoms with Crippen molar-refractivity contribution in [3.8, 4) is 0 Å². The van der Waals surface area contributed by atoms with E-state index >= 15 is 0 Å². The maximum Gasteiger partial charge on any atom is 0.188 e. The molecule has 2 fully saturated rings. The average molecular weight is 351 g/mol. The van der Waals surface area contributed by atoms with Crippen molar-refractivity contribution < 1.29 is 0 Å². The molecular weight excluding hydrogens is 325 g/mol. The van der Waals surface area contributed by atoms with E-state index in [1.807, 2.05) is 0 Å². The van der Waals surface area contributed by atoms with Gasteiger partial charge in [0.25, 0.3) is 0 Å². The number of aliphatic imine (C=N–C) groups is 1. The second kappa shape index (κ2) is 6.25. The molecule has 3 nitrogen and oxygen atoms in total. The third kappa shape index (κ3) is 4.64. The summed E-state index contributed by atoms with van der Waals surface area (Å²) in [6, 6.07) is 0. The number of nitrogens with zero attached hydrogens (tertiary/aromatic N) is 1. The van der Waals surface area contributed by atoms with E-state index in [1.54, 1.807) is 0 Å². The molecule has 0 spiro atoms. The number of nitrogens with two attached hydrogens (primary N) is 1. The Morgan fingerprint density at radius 3 is 2.53 bits per heavy atom. The predicted molar refractivity (Wildman–Crippen MR) is 83.8 cm³/mol. The van der Waals surface area contributed by atoms with E-state index in [0.717, 1.165) is 31.3 Å². The zero-order valence-corrected chi connectivity index (χ0v) is 13.4. The third-order valence-electron chi connectivity index (χ3n) is 3.93. The second-order valence-electron chi connectivity index (χ2n) is 5.95. The Morgan fingerprint density at radius 1 is 1.41 bits per heavy atom. The van der Waals surface area contributed by atoms with Gasteiger partial charge in [-0.25, -0.2) is 0 Å². The minimum absolute atomic E-state index is 0. The van der Waals surface area contributed by atoms with Gasteiger partial charge in [-0.2, -0.15) is 0 Å². The van der Waals surface area contributed by atoms with Crippen molar-refractivity contribution >= 4 is 29.9 Å². The highest BCUT2D eigenvalue weighted by Gasteiger charge is 2.53. The number of nitrogens with one attached hydrogen (secondary N) is 1. The molecule has 100 valence electrons. The van der Waals surface area contributed by atoms with Crippen LogP contribution in [0.2, 0.25) is 0 Å². The zero-order valence-electron chi connectivity index (χ0n) is 11.0. The third-order valence-corrected chi connectivity index (χ3v) is 3.93. The number of rotatable bonds is 6. The largest absolute Gasteiger partial charge is 0.370 e. The second-order valence-corrected chi connectivity index (χ2v) is 5.95. The van der Waals surface area contributed by atoms with E-state index in [0.29, 0.717) is 11.4 Å². The van der Waals surface area contributed by atoms with Gasteiger partial charge in [0.05, 0.1) is 0 Å². The van der Waals surface area contributed by atoms with E-state index in [-0.39, 0.29) is 24.0 Å². The first kappa shape index (κ1) is 15.1. The summed E-state index contributed by atoms with van der Waals surface area (Å²) in [5.74, 6) is 2.34. The van der Waals surface area contributed by atoms with Crippen molar-refractivity contribution in [3.05, 3.63) is 0 Å². The Labute approximate surface area is 122 Å². The van der Waals surface area contributed by atoms with Crippen LogP contribution in [0, 0.1) is 17.3 Å². The van der Waals surface area contributed by atoms with Gasteiger partial charge in [0.15, 0.2) is 5.96 Å². The van der Waals surface area contributed by atoms with Gasteiger partial charge in [-0.05, 0) is 49.4 Å². The van der Waals surface area contributed by atoms with Crippen LogP contribution < -0.4 is 11.1 Å². The van der Waals surface area contributed by atoms with Crippen LogP contribution in [0.5, 0.6) is 0 Å². The van der Waals surface area contributed by atoms with Gasteiger partial charge in [0.1, 0.15) is 0 Å². The lowest BCUT2D eigenvalue weighted by Gasteiger charge is -2.12. The SMILES string of the molecule is CC(C)CCNC(N)=NCC1(C2CC2)CC1.I. The van der Waals surface area contributed by atoms with Crippen LogP contribution in [0.1, 0.15) is 46.0 Å². The number of guanidine groups is 1. The van der Waals surface area contributed by atoms with Gasteiger partial charge in [-0.1, -0.05) is 13.8 Å². The molecular formula is C13H26IN3. The molecule has 2 aliphatic carbocycles. The summed E-state index contributed by atoms with van der Waals surface area (Å²) in [6.45, 7) is 6.35. The zero-order chi connectivity index (χ0) is 11.6. The monoisotopic (exact) mass is 351 g/mol. The topological polar surface area (TPSA) is 50.4 Å². The molecule has 0 saturated heterocycles. The Hall–Kier alpha value is 0. The van der Waals surface area contributed by atoms with Crippen LogP contribution in [-0.4, -0.2) is 19.0 Å². The van der Waals surface area contributed by atoms with Crippen LogP contribution in [0.15, 0.2) is 4.99 Å². The summed E-state index contributed by atoms with van der Waals surface area (Å²) in [6.07, 6.45) is 6.76. The molecule has 0 aromatic rings. The first-order chi connectivity index (χ1) is 7.62. The van der Waals surface area contributed by atoms with Gasteiger partial charge in [0.2, 0.25) is 0 Å². The summed E-state index contributed by atoms with van der Waals surface area (Å²) in [4.78, 5) is 4.50. The summed E-state index contributed by atoms with van der Waals surface area (Å²) in [5, 5.41) is 3.20. The Bertz CT molecular complexity index is 268. The lowest BCUT2D eigenvalue weighted by molar-refractivity contribution is 0.453. The van der Waals surface area contributed by atoms with Gasteiger partial charge in [-0.3, -0.25) is 4.99 Å². The molecule has 0 heterocycles. The molecule has 0 aromatic carbocycles. The van der Waals surface area contributed by atoms with Crippen LogP contribution >= 0.6 is 24.0 Å². The minimum atomic E-state index is 0. The van der Waals surface area contributed by atoms with E-state index in [1.165, 1.54) is 25.7 Å². The maximum atomic E-state index is 5.85. The quantitative estimate of drug-likeness (QED) is 0.439. The maximum absolute atomic E-state index is 5.85. The van der Waals surface area contributed by atoms with Crippen LogP contribution in [-0.2, 0) is 0 Å². The van der Waals surface area contributed by atoms with Crippen LogP contribution in [0.4, 0.5) is 0 Å². The molecule has 2 rings (SSSR count). The number of hydrogen-bond acceptors (Lipinski definition) is 1. The van der Waals surface area contributed by atoms with Crippen molar-refractivity contribution in [1.82, 2.24) is 5.32 Å². The number of halogens is 1. The highest BCUT2D eigenvalue weighted by Crippen LogP contribution is 2.61. The fraction of sp³-hybridized carbons (Fsp3) is 0.923. The normalized spacial score (nSPS) is 22.2. The van der Waals surface area contributed by atoms with Crippen molar-refractivity contribution in [2.45, 2.75) is 46.0 Å². The van der Waals surface area contributed by atoms with E-state index in [4.69, 9.17) is 5.73 Å². The summed E-state index contributed by atoms with van der Waals surface area (Å²) in [5.41, 5.74) is 6.43. The first-order valence-electron chi connectivity index (χ1n) is 6.66. The van der Waals surface area contributed by atoms with Crippen molar-refractivity contribution in [2.75, 3.05) is 13.1 Å². The summed E-state index contributed by atoms with van der Waals surface area (Å²) >= 11 is 0. The summed E-state index contributed by atoms with van der Waals surface area (Å²) in [7, 11) is 0. The van der Waals surface area contributed by atoms with E-state index in [2.05, 4.69) is 24.2 Å². The van der Waals surface area contributed by atoms with Crippen molar-refractivity contribution in [1.29, 1.82) is 0 Å². The minimum Gasteiger partial charge on any atom is -0.370 e. The predicted octanol–water partition coefficient (Wildman–Crippen LogP) is 2.75. The molecule has 0 amide bonds. The lowest BCUT2D eigenvalue weighted by Crippen LogP contribution is -2.33.